The van der Waals surface area contributed by atoms with Crippen LogP contribution in [0.3, 0.4) is 0 Å². The second kappa shape index (κ2) is 5.54. The summed E-state index contributed by atoms with van der Waals surface area (Å²) in [4.78, 5) is 2.09. The van der Waals surface area contributed by atoms with E-state index < -0.39 is 0 Å². The van der Waals surface area contributed by atoms with Crippen molar-refractivity contribution in [3.63, 3.8) is 0 Å². The lowest BCUT2D eigenvalue weighted by atomic mass is 10.1. The first-order valence-corrected chi connectivity index (χ1v) is 5.55. The van der Waals surface area contributed by atoms with Gasteiger partial charge < -0.3 is 4.90 Å². The molecule has 0 spiro atoms. The molecule has 2 nitrogen and oxygen atoms in total. The van der Waals surface area contributed by atoms with Crippen molar-refractivity contribution in [2.45, 2.75) is 27.2 Å². The number of nitrogens with one attached hydrogen (secondary N) is 1. The maximum atomic E-state index is 7.98. The summed E-state index contributed by atoms with van der Waals surface area (Å²) in [6, 6.07) is 8.38. The first kappa shape index (κ1) is 11.8. The topological polar surface area (TPSA) is 27.1 Å². The van der Waals surface area contributed by atoms with Gasteiger partial charge in [-0.2, -0.15) is 0 Å². The van der Waals surface area contributed by atoms with Gasteiger partial charge in [0.2, 0.25) is 0 Å². The molecule has 0 aliphatic carbocycles. The predicted octanol–water partition coefficient (Wildman–Crippen LogP) is 2.86. The Morgan fingerprint density at radius 3 is 2.47 bits per heavy atom. The molecular formula is C13H20N2. The van der Waals surface area contributed by atoms with Crippen molar-refractivity contribution in [1.29, 1.82) is 5.41 Å². The van der Waals surface area contributed by atoms with Gasteiger partial charge in [-0.25, -0.2) is 0 Å². The molecule has 1 aromatic carbocycles. The van der Waals surface area contributed by atoms with Crippen LogP contribution >= 0.6 is 0 Å². The normalized spacial score (nSPS) is 10.1. The second-order valence-corrected chi connectivity index (χ2v) is 3.78. The van der Waals surface area contributed by atoms with E-state index in [1.807, 2.05) is 0 Å². The lowest BCUT2D eigenvalue weighted by Crippen LogP contribution is -2.31. The van der Waals surface area contributed by atoms with Crippen LogP contribution in [0.25, 0.3) is 0 Å². The average molecular weight is 204 g/mol. The fraction of sp³-hybridized carbons (Fsp3) is 0.462. The summed E-state index contributed by atoms with van der Waals surface area (Å²) < 4.78 is 0. The molecule has 0 aliphatic heterocycles. The number of benzene rings is 1. The molecular weight excluding hydrogens is 184 g/mol. The van der Waals surface area contributed by atoms with Crippen LogP contribution in [0, 0.1) is 12.3 Å². The van der Waals surface area contributed by atoms with Crippen molar-refractivity contribution in [1.82, 2.24) is 4.90 Å². The van der Waals surface area contributed by atoms with Gasteiger partial charge >= 0.3 is 0 Å². The van der Waals surface area contributed by atoms with Gasteiger partial charge in [0, 0.05) is 19.5 Å². The Labute approximate surface area is 92.4 Å². The summed E-state index contributed by atoms with van der Waals surface area (Å²) in [6.07, 6.45) is 0.739. The van der Waals surface area contributed by atoms with Crippen LogP contribution in [0.1, 0.15) is 25.0 Å². The molecule has 0 saturated heterocycles. The molecule has 0 saturated carbocycles. The summed E-state index contributed by atoms with van der Waals surface area (Å²) in [6.45, 7) is 8.11. The Kier molecular flexibility index (Phi) is 4.35. The lowest BCUT2D eigenvalue weighted by molar-refractivity contribution is 0.455. The van der Waals surface area contributed by atoms with Crippen LogP contribution < -0.4 is 0 Å². The SMILES string of the molecule is CCN(CC)C(=N)Cc1cccc(C)c1. The largest absolute Gasteiger partial charge is 0.361 e. The van der Waals surface area contributed by atoms with Crippen LogP contribution in [0.5, 0.6) is 0 Å². The summed E-state index contributed by atoms with van der Waals surface area (Å²) in [7, 11) is 0. The minimum atomic E-state index is 0.714. The minimum absolute atomic E-state index is 0.714. The molecule has 15 heavy (non-hydrogen) atoms. The summed E-state index contributed by atoms with van der Waals surface area (Å²) >= 11 is 0. The minimum Gasteiger partial charge on any atom is -0.361 e. The second-order valence-electron chi connectivity index (χ2n) is 3.78. The van der Waals surface area contributed by atoms with E-state index in [2.05, 4.69) is 49.9 Å². The monoisotopic (exact) mass is 204 g/mol. The van der Waals surface area contributed by atoms with Gasteiger partial charge in [0.1, 0.15) is 5.84 Å². The molecule has 82 valence electrons. The van der Waals surface area contributed by atoms with Crippen molar-refractivity contribution in [2.24, 2.45) is 0 Å². The fourth-order valence-electron chi connectivity index (χ4n) is 1.73. The van der Waals surface area contributed by atoms with Crippen molar-refractivity contribution in [3.8, 4) is 0 Å². The summed E-state index contributed by atoms with van der Waals surface area (Å²) in [5.41, 5.74) is 2.49. The number of hydrogen-bond donors (Lipinski definition) is 1. The lowest BCUT2D eigenvalue weighted by Gasteiger charge is -2.21. The van der Waals surface area contributed by atoms with Gasteiger partial charge in [-0.1, -0.05) is 29.8 Å². The molecule has 0 amide bonds. The third-order valence-electron chi connectivity index (χ3n) is 2.60. The van der Waals surface area contributed by atoms with Crippen molar-refractivity contribution >= 4 is 5.84 Å². The van der Waals surface area contributed by atoms with Gasteiger partial charge in [-0.3, -0.25) is 5.41 Å². The van der Waals surface area contributed by atoms with E-state index in [9.17, 15) is 0 Å². The van der Waals surface area contributed by atoms with Gasteiger partial charge in [-0.05, 0) is 26.3 Å². The zero-order valence-electron chi connectivity index (χ0n) is 9.88. The smallest absolute Gasteiger partial charge is 0.100 e. The quantitative estimate of drug-likeness (QED) is 0.592. The zero-order valence-corrected chi connectivity index (χ0v) is 9.88. The maximum Gasteiger partial charge on any atom is 0.100 e. The van der Waals surface area contributed by atoms with Crippen molar-refractivity contribution in [3.05, 3.63) is 35.4 Å². The molecule has 0 fully saturated rings. The van der Waals surface area contributed by atoms with E-state index in [1.165, 1.54) is 11.1 Å². The number of hydrogen-bond acceptors (Lipinski definition) is 1. The fourth-order valence-corrected chi connectivity index (χ4v) is 1.73. The molecule has 0 unspecified atom stereocenters. The predicted molar refractivity (Wildman–Crippen MR) is 65.5 cm³/mol. The van der Waals surface area contributed by atoms with Crippen molar-refractivity contribution in [2.75, 3.05) is 13.1 Å². The summed E-state index contributed by atoms with van der Waals surface area (Å²) in [5, 5.41) is 7.98. The van der Waals surface area contributed by atoms with Crippen LogP contribution in [0.2, 0.25) is 0 Å². The first-order chi connectivity index (χ1) is 7.17. The first-order valence-electron chi connectivity index (χ1n) is 5.55. The van der Waals surface area contributed by atoms with Crippen LogP contribution in [0.4, 0.5) is 0 Å². The number of likely N-dealkylation sites (N-methyl/N-ethyl adjacent to an activating group) is 1. The van der Waals surface area contributed by atoms with E-state index in [4.69, 9.17) is 5.41 Å². The van der Waals surface area contributed by atoms with E-state index in [0.717, 1.165) is 19.5 Å². The number of nitrogens with zero attached hydrogens (tertiary/aromatic N) is 1. The number of aryl methyl sites for hydroxylation is 1. The van der Waals surface area contributed by atoms with Gasteiger partial charge in [0.05, 0.1) is 0 Å². The molecule has 0 atom stereocenters. The van der Waals surface area contributed by atoms with E-state index in [0.29, 0.717) is 5.84 Å². The van der Waals surface area contributed by atoms with Crippen LogP contribution in [0.15, 0.2) is 24.3 Å². The maximum absolute atomic E-state index is 7.98. The summed E-state index contributed by atoms with van der Waals surface area (Å²) in [5.74, 6) is 0.714. The molecule has 0 aromatic heterocycles. The standard InChI is InChI=1S/C13H20N2/c1-4-15(5-2)13(14)10-12-8-6-7-11(3)9-12/h6-9,14H,4-5,10H2,1-3H3. The Bertz CT molecular complexity index is 327. The number of amidine groups is 1. The highest BCUT2D eigenvalue weighted by atomic mass is 15.1. The third kappa shape index (κ3) is 3.39. The zero-order chi connectivity index (χ0) is 11.3. The van der Waals surface area contributed by atoms with Crippen LogP contribution in [-0.4, -0.2) is 23.8 Å². The highest BCUT2D eigenvalue weighted by Crippen LogP contribution is 2.06. The van der Waals surface area contributed by atoms with E-state index >= 15 is 0 Å². The molecule has 0 aliphatic rings. The van der Waals surface area contributed by atoms with Crippen molar-refractivity contribution < 1.29 is 0 Å². The third-order valence-corrected chi connectivity index (χ3v) is 2.60. The molecule has 1 rings (SSSR count). The molecule has 0 bridgehead atoms. The molecule has 0 radical (unpaired) electrons. The molecule has 1 N–H and O–H groups in total. The molecule has 2 heteroatoms. The Hall–Kier alpha value is -1.31. The Morgan fingerprint density at radius 2 is 1.93 bits per heavy atom. The highest BCUT2D eigenvalue weighted by Gasteiger charge is 2.05. The highest BCUT2D eigenvalue weighted by molar-refractivity contribution is 5.81. The van der Waals surface area contributed by atoms with Gasteiger partial charge in [0.25, 0.3) is 0 Å². The Balaban J connectivity index is 2.65. The van der Waals surface area contributed by atoms with Gasteiger partial charge in [0.15, 0.2) is 0 Å². The number of rotatable bonds is 4. The van der Waals surface area contributed by atoms with Crippen LogP contribution in [-0.2, 0) is 6.42 Å². The van der Waals surface area contributed by atoms with E-state index in [1.54, 1.807) is 0 Å². The van der Waals surface area contributed by atoms with E-state index in [-0.39, 0.29) is 0 Å². The molecule has 0 heterocycles. The molecule has 1 aromatic rings. The van der Waals surface area contributed by atoms with Gasteiger partial charge in [-0.15, -0.1) is 0 Å². The average Bonchev–Trinajstić information content (AvgIpc) is 2.19. The Morgan fingerprint density at radius 1 is 1.27 bits per heavy atom.